The summed E-state index contributed by atoms with van der Waals surface area (Å²) in [7, 11) is 0. The minimum Gasteiger partial charge on any atom is -0.377 e. The molecular formula is C11H19N3O2S2. The van der Waals surface area contributed by atoms with E-state index >= 15 is 0 Å². The van der Waals surface area contributed by atoms with Gasteiger partial charge in [0.2, 0.25) is 5.91 Å². The fourth-order valence-electron chi connectivity index (χ4n) is 1.32. The molecule has 5 nitrogen and oxygen atoms in total. The highest BCUT2D eigenvalue weighted by molar-refractivity contribution is 7.80. The first-order chi connectivity index (χ1) is 8.67. The van der Waals surface area contributed by atoms with E-state index in [0.29, 0.717) is 31.0 Å². The molecule has 0 radical (unpaired) electrons. The van der Waals surface area contributed by atoms with E-state index in [1.807, 2.05) is 6.92 Å². The molecule has 1 unspecified atom stereocenters. The van der Waals surface area contributed by atoms with Gasteiger partial charge < -0.3 is 10.1 Å². The number of hydrogen-bond acceptors (Lipinski definition) is 6. The standard InChI is InChI=1S/C11H19N3O2S2/c1-3-9(7-17)16-6-4-5-10(15)12-11-8(2)13-18-14-11/h9,17H,3-7H2,1-2H3,(H,12,14,15). The summed E-state index contributed by atoms with van der Waals surface area (Å²) in [5, 5.41) is 2.73. The molecule has 0 spiro atoms. The second-order valence-electron chi connectivity index (χ2n) is 3.93. The van der Waals surface area contributed by atoms with Crippen molar-refractivity contribution in [3.8, 4) is 0 Å². The number of aryl methyl sites for hydroxylation is 1. The number of hydrogen-bond donors (Lipinski definition) is 2. The highest BCUT2D eigenvalue weighted by Gasteiger charge is 2.08. The third-order valence-electron chi connectivity index (χ3n) is 2.47. The van der Waals surface area contributed by atoms with Crippen LogP contribution in [-0.2, 0) is 9.53 Å². The van der Waals surface area contributed by atoms with Gasteiger partial charge in [0.1, 0.15) is 0 Å². The van der Waals surface area contributed by atoms with Crippen LogP contribution in [0.3, 0.4) is 0 Å². The quantitative estimate of drug-likeness (QED) is 0.569. The zero-order valence-electron chi connectivity index (χ0n) is 10.7. The number of carbonyl (C=O) groups is 1. The minimum atomic E-state index is -0.0479. The second kappa shape index (κ2) is 8.44. The molecule has 0 aromatic carbocycles. The Morgan fingerprint density at radius 1 is 1.56 bits per heavy atom. The zero-order valence-corrected chi connectivity index (χ0v) is 12.4. The molecule has 0 bridgehead atoms. The lowest BCUT2D eigenvalue weighted by molar-refractivity contribution is -0.116. The molecule has 0 aliphatic heterocycles. The molecule has 1 aromatic heterocycles. The van der Waals surface area contributed by atoms with Gasteiger partial charge in [-0.2, -0.15) is 21.4 Å². The molecule has 1 aromatic rings. The van der Waals surface area contributed by atoms with Gasteiger partial charge in [0.05, 0.1) is 23.5 Å². The summed E-state index contributed by atoms with van der Waals surface area (Å²) in [5.74, 6) is 1.23. The summed E-state index contributed by atoms with van der Waals surface area (Å²) in [6, 6.07) is 0. The molecule has 1 N–H and O–H groups in total. The maximum absolute atomic E-state index is 11.6. The summed E-state index contributed by atoms with van der Waals surface area (Å²) in [6.07, 6.45) is 2.26. The number of ether oxygens (including phenoxy) is 1. The lowest BCUT2D eigenvalue weighted by Crippen LogP contribution is -2.17. The predicted molar refractivity (Wildman–Crippen MR) is 76.4 cm³/mol. The van der Waals surface area contributed by atoms with Gasteiger partial charge in [-0.15, -0.1) is 0 Å². The van der Waals surface area contributed by atoms with Crippen molar-refractivity contribution in [3.63, 3.8) is 0 Å². The van der Waals surface area contributed by atoms with Crippen molar-refractivity contribution >= 4 is 36.1 Å². The van der Waals surface area contributed by atoms with E-state index in [9.17, 15) is 4.79 Å². The smallest absolute Gasteiger partial charge is 0.225 e. The molecule has 1 rings (SSSR count). The lowest BCUT2D eigenvalue weighted by Gasteiger charge is -2.12. The van der Waals surface area contributed by atoms with Gasteiger partial charge in [0.25, 0.3) is 0 Å². The predicted octanol–water partition coefficient (Wildman–Crippen LogP) is 2.29. The summed E-state index contributed by atoms with van der Waals surface area (Å²) in [4.78, 5) is 11.6. The van der Waals surface area contributed by atoms with Gasteiger partial charge in [-0.3, -0.25) is 4.79 Å². The zero-order chi connectivity index (χ0) is 13.4. The SMILES string of the molecule is CCC(CS)OCCCC(=O)Nc1nsnc1C. The van der Waals surface area contributed by atoms with Crippen molar-refractivity contribution in [2.24, 2.45) is 0 Å². The highest BCUT2D eigenvalue weighted by atomic mass is 32.1. The number of anilines is 1. The topological polar surface area (TPSA) is 64.1 Å². The third kappa shape index (κ3) is 5.32. The van der Waals surface area contributed by atoms with E-state index in [2.05, 4.69) is 33.6 Å². The molecule has 102 valence electrons. The monoisotopic (exact) mass is 289 g/mol. The van der Waals surface area contributed by atoms with Crippen LogP contribution in [-0.4, -0.2) is 33.1 Å². The highest BCUT2D eigenvalue weighted by Crippen LogP contribution is 2.11. The molecular weight excluding hydrogens is 270 g/mol. The molecule has 0 aliphatic rings. The maximum Gasteiger partial charge on any atom is 0.225 e. The minimum absolute atomic E-state index is 0.0479. The Labute approximate surface area is 117 Å². The van der Waals surface area contributed by atoms with Crippen LogP contribution in [0.1, 0.15) is 31.9 Å². The van der Waals surface area contributed by atoms with Gasteiger partial charge in [-0.05, 0) is 19.8 Å². The molecule has 0 saturated heterocycles. The molecule has 18 heavy (non-hydrogen) atoms. The first-order valence-electron chi connectivity index (χ1n) is 5.98. The summed E-state index contributed by atoms with van der Waals surface area (Å²) in [5.41, 5.74) is 0.755. The van der Waals surface area contributed by atoms with E-state index in [-0.39, 0.29) is 12.0 Å². The molecule has 1 atom stereocenters. The van der Waals surface area contributed by atoms with Crippen molar-refractivity contribution in [2.45, 2.75) is 39.2 Å². The van der Waals surface area contributed by atoms with Crippen LogP contribution >= 0.6 is 24.4 Å². The largest absolute Gasteiger partial charge is 0.377 e. The number of nitrogens with one attached hydrogen (secondary N) is 1. The Bertz CT molecular complexity index is 367. The molecule has 1 amide bonds. The van der Waals surface area contributed by atoms with Crippen LogP contribution in [0.4, 0.5) is 5.82 Å². The fraction of sp³-hybridized carbons (Fsp3) is 0.727. The van der Waals surface area contributed by atoms with E-state index < -0.39 is 0 Å². The maximum atomic E-state index is 11.6. The van der Waals surface area contributed by atoms with Crippen LogP contribution in [0.25, 0.3) is 0 Å². The fourth-order valence-corrected chi connectivity index (χ4v) is 2.19. The van der Waals surface area contributed by atoms with Crippen molar-refractivity contribution in [2.75, 3.05) is 17.7 Å². The van der Waals surface area contributed by atoms with Crippen LogP contribution in [0, 0.1) is 6.92 Å². The van der Waals surface area contributed by atoms with E-state index in [1.165, 1.54) is 0 Å². The number of aromatic nitrogens is 2. The normalized spacial score (nSPS) is 12.4. The third-order valence-corrected chi connectivity index (χ3v) is 3.50. The first-order valence-corrected chi connectivity index (χ1v) is 7.35. The Kier molecular flexibility index (Phi) is 7.22. The summed E-state index contributed by atoms with van der Waals surface area (Å²) in [6.45, 7) is 4.47. The van der Waals surface area contributed by atoms with E-state index in [4.69, 9.17) is 4.74 Å². The number of nitrogens with zero attached hydrogens (tertiary/aromatic N) is 2. The van der Waals surface area contributed by atoms with Gasteiger partial charge in [-0.1, -0.05) is 6.92 Å². The van der Waals surface area contributed by atoms with Crippen LogP contribution in [0.2, 0.25) is 0 Å². The number of carbonyl (C=O) groups excluding carboxylic acids is 1. The van der Waals surface area contributed by atoms with E-state index in [0.717, 1.165) is 23.8 Å². The average Bonchev–Trinajstić information content (AvgIpc) is 2.75. The van der Waals surface area contributed by atoms with Crippen LogP contribution in [0.5, 0.6) is 0 Å². The Morgan fingerprint density at radius 2 is 2.33 bits per heavy atom. The Morgan fingerprint density at radius 3 is 2.89 bits per heavy atom. The molecule has 1 heterocycles. The van der Waals surface area contributed by atoms with Gasteiger partial charge >= 0.3 is 0 Å². The number of amides is 1. The Balaban J connectivity index is 2.16. The summed E-state index contributed by atoms with van der Waals surface area (Å²) < 4.78 is 13.6. The van der Waals surface area contributed by atoms with Gasteiger partial charge in [0.15, 0.2) is 5.82 Å². The second-order valence-corrected chi connectivity index (χ2v) is 4.83. The van der Waals surface area contributed by atoms with Crippen molar-refractivity contribution in [3.05, 3.63) is 5.69 Å². The molecule has 0 fully saturated rings. The Hall–Kier alpha value is -0.660. The van der Waals surface area contributed by atoms with Crippen molar-refractivity contribution in [1.82, 2.24) is 8.75 Å². The molecule has 0 saturated carbocycles. The molecule has 7 heteroatoms. The van der Waals surface area contributed by atoms with Crippen molar-refractivity contribution in [1.29, 1.82) is 0 Å². The van der Waals surface area contributed by atoms with Crippen LogP contribution in [0.15, 0.2) is 0 Å². The van der Waals surface area contributed by atoms with Crippen LogP contribution < -0.4 is 5.32 Å². The number of thiol groups is 1. The van der Waals surface area contributed by atoms with E-state index in [1.54, 1.807) is 0 Å². The van der Waals surface area contributed by atoms with Crippen molar-refractivity contribution < 1.29 is 9.53 Å². The lowest BCUT2D eigenvalue weighted by atomic mass is 10.3. The number of rotatable bonds is 8. The first kappa shape index (κ1) is 15.4. The van der Waals surface area contributed by atoms with Gasteiger partial charge in [-0.25, -0.2) is 0 Å². The summed E-state index contributed by atoms with van der Waals surface area (Å²) >= 11 is 5.29. The molecule has 0 aliphatic carbocycles. The average molecular weight is 289 g/mol. The van der Waals surface area contributed by atoms with Gasteiger partial charge in [0, 0.05) is 18.8 Å².